The maximum atomic E-state index is 8.53. The Hall–Kier alpha value is -2.15. The van der Waals surface area contributed by atoms with Gasteiger partial charge in [-0.15, -0.1) is 0 Å². The number of aryl methyl sites for hydroxylation is 2. The molecule has 0 aliphatic heterocycles. The van der Waals surface area contributed by atoms with Gasteiger partial charge in [-0.3, -0.25) is 0 Å². The standard InChI is InChI=1S/C12H13N5OS/c1-7-3-8(2)16-10(4-7)19-11-6-14-9(5-15-11)12(13)17-18/h3-6,18H,1-2H3,(H2,13,17). The van der Waals surface area contributed by atoms with Crippen LogP contribution in [0.25, 0.3) is 0 Å². The third kappa shape index (κ3) is 3.41. The molecule has 0 saturated carbocycles. The third-order valence-corrected chi connectivity index (χ3v) is 3.12. The Labute approximate surface area is 114 Å². The van der Waals surface area contributed by atoms with Crippen LogP contribution in [0.4, 0.5) is 0 Å². The van der Waals surface area contributed by atoms with E-state index < -0.39 is 0 Å². The fraction of sp³-hybridized carbons (Fsp3) is 0.167. The number of aromatic nitrogens is 3. The molecule has 2 aromatic rings. The predicted molar refractivity (Wildman–Crippen MR) is 72.4 cm³/mol. The van der Waals surface area contributed by atoms with Crippen molar-refractivity contribution in [1.29, 1.82) is 0 Å². The van der Waals surface area contributed by atoms with Gasteiger partial charge in [0.05, 0.1) is 12.4 Å². The molecule has 0 aliphatic carbocycles. The molecule has 0 spiro atoms. The molecule has 2 rings (SSSR count). The molecule has 2 aromatic heterocycles. The monoisotopic (exact) mass is 275 g/mol. The van der Waals surface area contributed by atoms with Gasteiger partial charge in [0.2, 0.25) is 0 Å². The smallest absolute Gasteiger partial charge is 0.190 e. The molecule has 0 aliphatic rings. The van der Waals surface area contributed by atoms with E-state index in [0.717, 1.165) is 16.3 Å². The third-order valence-electron chi connectivity index (χ3n) is 2.28. The Morgan fingerprint density at radius 1 is 1.21 bits per heavy atom. The predicted octanol–water partition coefficient (Wildman–Crippen LogP) is 1.73. The van der Waals surface area contributed by atoms with Gasteiger partial charge in [-0.2, -0.15) is 0 Å². The van der Waals surface area contributed by atoms with Gasteiger partial charge in [0.15, 0.2) is 5.84 Å². The summed E-state index contributed by atoms with van der Waals surface area (Å²) in [5.41, 5.74) is 7.86. The molecule has 0 bridgehead atoms. The van der Waals surface area contributed by atoms with E-state index in [0.29, 0.717) is 10.7 Å². The number of hydrogen-bond donors (Lipinski definition) is 2. The average molecular weight is 275 g/mol. The topological polar surface area (TPSA) is 97.3 Å². The molecule has 6 nitrogen and oxygen atoms in total. The van der Waals surface area contributed by atoms with E-state index >= 15 is 0 Å². The molecule has 0 fully saturated rings. The molecule has 98 valence electrons. The first-order valence-electron chi connectivity index (χ1n) is 5.51. The Kier molecular flexibility index (Phi) is 3.96. The molecular formula is C12H13N5OS. The molecule has 3 N–H and O–H groups in total. The number of nitrogens with zero attached hydrogens (tertiary/aromatic N) is 4. The van der Waals surface area contributed by atoms with E-state index in [1.807, 2.05) is 26.0 Å². The summed E-state index contributed by atoms with van der Waals surface area (Å²) in [5, 5.41) is 13.0. The van der Waals surface area contributed by atoms with Gasteiger partial charge in [0, 0.05) is 5.69 Å². The first-order chi connectivity index (χ1) is 9.08. The van der Waals surface area contributed by atoms with Crippen molar-refractivity contribution >= 4 is 17.6 Å². The number of oxime groups is 1. The van der Waals surface area contributed by atoms with E-state index in [9.17, 15) is 0 Å². The number of pyridine rings is 1. The van der Waals surface area contributed by atoms with Crippen LogP contribution in [0.5, 0.6) is 0 Å². The van der Waals surface area contributed by atoms with Gasteiger partial charge in [0.25, 0.3) is 0 Å². The van der Waals surface area contributed by atoms with Crippen molar-refractivity contribution in [3.63, 3.8) is 0 Å². The second-order valence-corrected chi connectivity index (χ2v) is 4.99. The molecule has 0 atom stereocenters. The summed E-state index contributed by atoms with van der Waals surface area (Å²) in [5.74, 6) is -0.0615. The van der Waals surface area contributed by atoms with Crippen LogP contribution < -0.4 is 5.73 Å². The van der Waals surface area contributed by atoms with Crippen LogP contribution in [0.1, 0.15) is 17.0 Å². The zero-order valence-electron chi connectivity index (χ0n) is 10.5. The zero-order valence-corrected chi connectivity index (χ0v) is 11.3. The average Bonchev–Trinajstić information content (AvgIpc) is 2.37. The summed E-state index contributed by atoms with van der Waals surface area (Å²) in [4.78, 5) is 12.7. The zero-order chi connectivity index (χ0) is 13.8. The van der Waals surface area contributed by atoms with Crippen LogP contribution in [-0.4, -0.2) is 26.0 Å². The molecule has 0 amide bonds. The Balaban J connectivity index is 2.19. The van der Waals surface area contributed by atoms with Crippen molar-refractivity contribution in [1.82, 2.24) is 15.0 Å². The number of nitrogens with two attached hydrogens (primary N) is 1. The normalized spacial score (nSPS) is 11.6. The first-order valence-corrected chi connectivity index (χ1v) is 6.33. The summed E-state index contributed by atoms with van der Waals surface area (Å²) in [6, 6.07) is 3.99. The first kappa shape index (κ1) is 13.3. The van der Waals surface area contributed by atoms with Gasteiger partial charge in [-0.25, -0.2) is 15.0 Å². The second-order valence-electron chi connectivity index (χ2n) is 3.95. The minimum Gasteiger partial charge on any atom is -0.409 e. The summed E-state index contributed by atoms with van der Waals surface area (Å²) >= 11 is 1.42. The maximum Gasteiger partial charge on any atom is 0.190 e. The van der Waals surface area contributed by atoms with Crippen molar-refractivity contribution in [3.8, 4) is 0 Å². The van der Waals surface area contributed by atoms with Gasteiger partial charge < -0.3 is 10.9 Å². The lowest BCUT2D eigenvalue weighted by molar-refractivity contribution is 0.318. The van der Waals surface area contributed by atoms with Crippen molar-refractivity contribution in [2.24, 2.45) is 10.9 Å². The van der Waals surface area contributed by atoms with Gasteiger partial charge in [-0.05, 0) is 43.3 Å². The van der Waals surface area contributed by atoms with Crippen LogP contribution in [0.2, 0.25) is 0 Å². The van der Waals surface area contributed by atoms with Crippen LogP contribution >= 0.6 is 11.8 Å². The van der Waals surface area contributed by atoms with E-state index in [1.165, 1.54) is 18.0 Å². The minimum atomic E-state index is -0.0615. The number of hydrogen-bond acceptors (Lipinski definition) is 6. The van der Waals surface area contributed by atoms with E-state index in [-0.39, 0.29) is 5.84 Å². The lowest BCUT2D eigenvalue weighted by atomic mass is 10.3. The quantitative estimate of drug-likeness (QED) is 0.383. The molecular weight excluding hydrogens is 262 g/mol. The molecule has 0 saturated heterocycles. The molecule has 2 heterocycles. The maximum absolute atomic E-state index is 8.53. The second kappa shape index (κ2) is 5.66. The minimum absolute atomic E-state index is 0.0615. The lowest BCUT2D eigenvalue weighted by Gasteiger charge is -2.03. The van der Waals surface area contributed by atoms with Gasteiger partial charge >= 0.3 is 0 Å². The van der Waals surface area contributed by atoms with E-state index in [4.69, 9.17) is 10.9 Å². The fourth-order valence-corrected chi connectivity index (χ4v) is 2.38. The lowest BCUT2D eigenvalue weighted by Crippen LogP contribution is -2.15. The molecule has 0 aromatic carbocycles. The highest BCUT2D eigenvalue weighted by atomic mass is 32.2. The van der Waals surface area contributed by atoms with Crippen molar-refractivity contribution in [2.45, 2.75) is 23.9 Å². The summed E-state index contributed by atoms with van der Waals surface area (Å²) < 4.78 is 0. The Bertz CT molecular complexity index is 592. The highest BCUT2D eigenvalue weighted by Crippen LogP contribution is 2.24. The van der Waals surface area contributed by atoms with Gasteiger partial charge in [-0.1, -0.05) is 5.16 Å². The fourth-order valence-electron chi connectivity index (χ4n) is 1.52. The Morgan fingerprint density at radius 3 is 2.58 bits per heavy atom. The highest BCUT2D eigenvalue weighted by Gasteiger charge is 2.05. The highest BCUT2D eigenvalue weighted by molar-refractivity contribution is 7.99. The van der Waals surface area contributed by atoms with Crippen LogP contribution in [-0.2, 0) is 0 Å². The Morgan fingerprint density at radius 2 is 2.00 bits per heavy atom. The van der Waals surface area contributed by atoms with Crippen molar-refractivity contribution < 1.29 is 5.21 Å². The molecule has 0 radical (unpaired) electrons. The summed E-state index contributed by atoms with van der Waals surface area (Å²) in [6.07, 6.45) is 3.03. The summed E-state index contributed by atoms with van der Waals surface area (Å²) in [7, 11) is 0. The van der Waals surface area contributed by atoms with E-state index in [1.54, 1.807) is 6.20 Å². The van der Waals surface area contributed by atoms with E-state index in [2.05, 4.69) is 20.1 Å². The molecule has 19 heavy (non-hydrogen) atoms. The van der Waals surface area contributed by atoms with Gasteiger partial charge in [0.1, 0.15) is 15.7 Å². The van der Waals surface area contributed by atoms with Crippen LogP contribution in [0, 0.1) is 13.8 Å². The molecule has 7 heteroatoms. The number of amidine groups is 1. The summed E-state index contributed by atoms with van der Waals surface area (Å²) in [6.45, 7) is 3.97. The number of rotatable bonds is 3. The molecule has 0 unspecified atom stereocenters. The van der Waals surface area contributed by atoms with Crippen molar-refractivity contribution in [2.75, 3.05) is 0 Å². The largest absolute Gasteiger partial charge is 0.409 e. The van der Waals surface area contributed by atoms with Crippen molar-refractivity contribution in [3.05, 3.63) is 41.5 Å². The van der Waals surface area contributed by atoms with Crippen LogP contribution in [0.3, 0.4) is 0 Å². The van der Waals surface area contributed by atoms with Crippen LogP contribution in [0.15, 0.2) is 39.7 Å². The SMILES string of the molecule is Cc1cc(C)nc(Sc2cnc(/C(N)=N/O)cn2)c1.